The molecule has 0 amide bonds. The fourth-order valence-electron chi connectivity index (χ4n) is 4.87. The summed E-state index contributed by atoms with van der Waals surface area (Å²) >= 11 is 0. The summed E-state index contributed by atoms with van der Waals surface area (Å²) in [5, 5.41) is 3.96. The van der Waals surface area contributed by atoms with E-state index in [1.165, 1.54) is 64.5 Å². The van der Waals surface area contributed by atoms with E-state index in [0.717, 1.165) is 31.2 Å². The minimum absolute atomic E-state index is 0.434. The first-order valence-corrected chi connectivity index (χ1v) is 9.32. The number of hydrogen-bond donors (Lipinski definition) is 1. The van der Waals surface area contributed by atoms with Crippen LogP contribution in [0, 0.1) is 5.92 Å². The molecular formula is C18H34N2O. The minimum atomic E-state index is 0.434. The second kappa shape index (κ2) is 6.97. The Labute approximate surface area is 130 Å². The van der Waals surface area contributed by atoms with E-state index in [4.69, 9.17) is 4.74 Å². The lowest BCUT2D eigenvalue weighted by molar-refractivity contribution is -0.0199. The molecule has 2 unspecified atom stereocenters. The molecule has 21 heavy (non-hydrogen) atoms. The maximum Gasteiger partial charge on any atom is 0.0469 e. The molecule has 2 atom stereocenters. The average Bonchev–Trinajstić information content (AvgIpc) is 2.56. The number of nitrogens with one attached hydrogen (secondary N) is 1. The van der Waals surface area contributed by atoms with E-state index in [-0.39, 0.29) is 0 Å². The monoisotopic (exact) mass is 294 g/mol. The van der Waals surface area contributed by atoms with Gasteiger partial charge in [0.1, 0.15) is 0 Å². The smallest absolute Gasteiger partial charge is 0.0469 e. The van der Waals surface area contributed by atoms with Gasteiger partial charge < -0.3 is 10.1 Å². The normalized spacial score (nSPS) is 33.1. The first kappa shape index (κ1) is 15.8. The van der Waals surface area contributed by atoms with Crippen molar-refractivity contribution >= 4 is 0 Å². The Bertz CT molecular complexity index is 321. The van der Waals surface area contributed by atoms with Crippen LogP contribution < -0.4 is 5.32 Å². The van der Waals surface area contributed by atoms with Crippen molar-refractivity contribution < 1.29 is 4.74 Å². The number of ether oxygens (including phenoxy) is 1. The highest BCUT2D eigenvalue weighted by Crippen LogP contribution is 2.35. The summed E-state index contributed by atoms with van der Waals surface area (Å²) in [6, 6.07) is 1.45. The lowest BCUT2D eigenvalue weighted by Crippen LogP contribution is -2.67. The van der Waals surface area contributed by atoms with Gasteiger partial charge >= 0.3 is 0 Å². The number of rotatable bonds is 3. The summed E-state index contributed by atoms with van der Waals surface area (Å²) in [5.74, 6) is 0.839. The second-order valence-electron chi connectivity index (χ2n) is 7.65. The van der Waals surface area contributed by atoms with Crippen molar-refractivity contribution in [1.29, 1.82) is 0 Å². The molecule has 2 saturated heterocycles. The minimum Gasteiger partial charge on any atom is -0.381 e. The standard InChI is InChI=1S/C18H34N2O/c1-3-17-13-19-18(9-5-4-6-10-18)14-20(17)15(2)16-7-11-21-12-8-16/h15-17,19H,3-14H2,1-2H3. The van der Waals surface area contributed by atoms with E-state index < -0.39 is 0 Å². The summed E-state index contributed by atoms with van der Waals surface area (Å²) in [6.07, 6.45) is 10.9. The van der Waals surface area contributed by atoms with E-state index in [1.807, 2.05) is 0 Å². The zero-order chi connectivity index (χ0) is 14.7. The van der Waals surface area contributed by atoms with Gasteiger partial charge in [-0.15, -0.1) is 0 Å². The van der Waals surface area contributed by atoms with Crippen LogP contribution in [0.25, 0.3) is 0 Å². The van der Waals surface area contributed by atoms with Gasteiger partial charge in [0.2, 0.25) is 0 Å². The molecular weight excluding hydrogens is 260 g/mol. The Balaban J connectivity index is 1.69. The zero-order valence-corrected chi connectivity index (χ0v) is 14.1. The molecule has 2 heterocycles. The molecule has 3 rings (SSSR count). The number of hydrogen-bond acceptors (Lipinski definition) is 3. The van der Waals surface area contributed by atoms with E-state index in [0.29, 0.717) is 5.54 Å². The van der Waals surface area contributed by atoms with Crippen LogP contribution >= 0.6 is 0 Å². The summed E-state index contributed by atoms with van der Waals surface area (Å²) in [7, 11) is 0. The van der Waals surface area contributed by atoms with Crippen LogP contribution in [-0.4, -0.2) is 48.8 Å². The van der Waals surface area contributed by atoms with Crippen molar-refractivity contribution in [3.05, 3.63) is 0 Å². The Morgan fingerprint density at radius 3 is 2.57 bits per heavy atom. The first-order valence-electron chi connectivity index (χ1n) is 9.32. The van der Waals surface area contributed by atoms with Gasteiger partial charge in [-0.05, 0) is 44.9 Å². The highest BCUT2D eigenvalue weighted by molar-refractivity contribution is 5.01. The molecule has 3 aliphatic rings. The molecule has 122 valence electrons. The predicted octanol–water partition coefficient (Wildman–Crippen LogP) is 3.19. The molecule has 0 bridgehead atoms. The Morgan fingerprint density at radius 2 is 1.90 bits per heavy atom. The molecule has 1 saturated carbocycles. The van der Waals surface area contributed by atoms with E-state index >= 15 is 0 Å². The van der Waals surface area contributed by atoms with Gasteiger partial charge in [-0.2, -0.15) is 0 Å². The highest BCUT2D eigenvalue weighted by atomic mass is 16.5. The van der Waals surface area contributed by atoms with E-state index in [1.54, 1.807) is 0 Å². The van der Waals surface area contributed by atoms with Crippen LogP contribution in [-0.2, 0) is 4.74 Å². The summed E-state index contributed by atoms with van der Waals surface area (Å²) in [6.45, 7) is 9.27. The van der Waals surface area contributed by atoms with Crippen LogP contribution in [0.5, 0.6) is 0 Å². The highest BCUT2D eigenvalue weighted by Gasteiger charge is 2.42. The first-order chi connectivity index (χ1) is 10.2. The van der Waals surface area contributed by atoms with Crippen LogP contribution in [0.4, 0.5) is 0 Å². The van der Waals surface area contributed by atoms with Crippen molar-refractivity contribution in [3.8, 4) is 0 Å². The maximum absolute atomic E-state index is 5.57. The van der Waals surface area contributed by atoms with E-state index in [2.05, 4.69) is 24.1 Å². The van der Waals surface area contributed by atoms with Gasteiger partial charge in [-0.25, -0.2) is 0 Å². The third kappa shape index (κ3) is 3.46. The Morgan fingerprint density at radius 1 is 1.19 bits per heavy atom. The van der Waals surface area contributed by atoms with Gasteiger partial charge in [-0.3, -0.25) is 4.90 Å². The molecule has 0 aromatic rings. The van der Waals surface area contributed by atoms with Crippen molar-refractivity contribution in [2.75, 3.05) is 26.3 Å². The van der Waals surface area contributed by atoms with Crippen molar-refractivity contribution in [3.63, 3.8) is 0 Å². The summed E-state index contributed by atoms with van der Waals surface area (Å²) in [4.78, 5) is 2.87. The zero-order valence-electron chi connectivity index (χ0n) is 14.1. The SMILES string of the molecule is CCC1CNC2(CCCCC2)CN1C(C)C1CCOCC1. The topological polar surface area (TPSA) is 24.5 Å². The predicted molar refractivity (Wildman–Crippen MR) is 87.6 cm³/mol. The lowest BCUT2D eigenvalue weighted by Gasteiger charge is -2.53. The van der Waals surface area contributed by atoms with Crippen molar-refractivity contribution in [2.24, 2.45) is 5.92 Å². The summed E-state index contributed by atoms with van der Waals surface area (Å²) < 4.78 is 5.57. The Hall–Kier alpha value is -0.120. The van der Waals surface area contributed by atoms with Gasteiger partial charge in [0.25, 0.3) is 0 Å². The van der Waals surface area contributed by atoms with Gasteiger partial charge in [-0.1, -0.05) is 26.2 Å². The van der Waals surface area contributed by atoms with Crippen LogP contribution in [0.15, 0.2) is 0 Å². The molecule has 1 spiro atoms. The van der Waals surface area contributed by atoms with Gasteiger partial charge in [0.15, 0.2) is 0 Å². The summed E-state index contributed by atoms with van der Waals surface area (Å²) in [5.41, 5.74) is 0.434. The van der Waals surface area contributed by atoms with Gasteiger partial charge in [0.05, 0.1) is 0 Å². The lowest BCUT2D eigenvalue weighted by atomic mass is 9.78. The third-order valence-electron chi connectivity index (χ3n) is 6.42. The number of nitrogens with zero attached hydrogens (tertiary/aromatic N) is 1. The quantitative estimate of drug-likeness (QED) is 0.865. The molecule has 3 heteroatoms. The molecule has 3 fully saturated rings. The number of piperazine rings is 1. The van der Waals surface area contributed by atoms with Gasteiger partial charge in [0, 0.05) is 43.9 Å². The van der Waals surface area contributed by atoms with Crippen LogP contribution in [0.2, 0.25) is 0 Å². The molecule has 1 N–H and O–H groups in total. The molecule has 0 aromatic carbocycles. The van der Waals surface area contributed by atoms with E-state index in [9.17, 15) is 0 Å². The molecule has 1 aliphatic carbocycles. The third-order valence-corrected chi connectivity index (χ3v) is 6.42. The molecule has 3 nitrogen and oxygen atoms in total. The molecule has 2 aliphatic heterocycles. The van der Waals surface area contributed by atoms with Crippen LogP contribution in [0.3, 0.4) is 0 Å². The maximum atomic E-state index is 5.57. The Kier molecular flexibility index (Phi) is 5.23. The largest absolute Gasteiger partial charge is 0.381 e. The average molecular weight is 294 g/mol. The van der Waals surface area contributed by atoms with Crippen LogP contribution in [0.1, 0.15) is 65.2 Å². The second-order valence-corrected chi connectivity index (χ2v) is 7.65. The fourth-order valence-corrected chi connectivity index (χ4v) is 4.87. The van der Waals surface area contributed by atoms with Crippen molar-refractivity contribution in [1.82, 2.24) is 10.2 Å². The molecule has 0 radical (unpaired) electrons. The fraction of sp³-hybridized carbons (Fsp3) is 1.00. The van der Waals surface area contributed by atoms with Crippen molar-refractivity contribution in [2.45, 2.75) is 82.8 Å². The molecule has 0 aromatic heterocycles.